The van der Waals surface area contributed by atoms with E-state index in [9.17, 15) is 4.79 Å². The molecule has 0 aliphatic carbocycles. The molecule has 0 aliphatic rings. The topological polar surface area (TPSA) is 81.2 Å². The highest BCUT2D eigenvalue weighted by Crippen LogP contribution is 2.34. The molecule has 1 N–H and O–H groups in total. The zero-order valence-electron chi connectivity index (χ0n) is 17.9. The van der Waals surface area contributed by atoms with Crippen LogP contribution in [0.4, 0.5) is 5.69 Å². The Kier molecular flexibility index (Phi) is 5.92. The number of hydrogen-bond acceptors (Lipinski definition) is 5. The smallest absolute Gasteiger partial charge is 0.248 e. The molecule has 3 aromatic heterocycles. The number of nitrogens with one attached hydrogen (secondary N) is 1. The number of carbonyl (C=O) groups is 1. The number of halogens is 2. The minimum Gasteiger partial charge on any atom is -0.457 e. The molecule has 2 aromatic carbocycles. The van der Waals surface area contributed by atoms with Crippen LogP contribution in [0.5, 0.6) is 0 Å². The van der Waals surface area contributed by atoms with Crippen LogP contribution < -0.4 is 5.32 Å². The highest BCUT2D eigenvalue weighted by molar-refractivity contribution is 6.43. The predicted molar refractivity (Wildman–Crippen MR) is 134 cm³/mol. The normalized spacial score (nSPS) is 11.4. The zero-order valence-corrected chi connectivity index (χ0v) is 19.4. The first kappa shape index (κ1) is 21.9. The van der Waals surface area contributed by atoms with E-state index in [0.29, 0.717) is 49.9 Å². The van der Waals surface area contributed by atoms with Gasteiger partial charge in [0, 0.05) is 29.1 Å². The molecule has 0 radical (unpaired) electrons. The Balaban J connectivity index is 1.28. The first-order valence-electron chi connectivity index (χ1n) is 10.3. The van der Waals surface area contributed by atoms with Gasteiger partial charge in [0.2, 0.25) is 11.8 Å². The van der Waals surface area contributed by atoms with Crippen LogP contribution in [0.15, 0.2) is 81.8 Å². The van der Waals surface area contributed by atoms with Crippen LogP contribution in [0.1, 0.15) is 11.3 Å². The van der Waals surface area contributed by atoms with Crippen LogP contribution in [0, 0.1) is 6.92 Å². The molecule has 0 spiro atoms. The fourth-order valence-corrected chi connectivity index (χ4v) is 3.84. The molecular formula is C26H17Cl2N3O3. The number of aromatic nitrogens is 2. The minimum absolute atomic E-state index is 0.291. The highest BCUT2D eigenvalue weighted by atomic mass is 35.5. The first-order valence-corrected chi connectivity index (χ1v) is 11.1. The second-order valence-electron chi connectivity index (χ2n) is 7.50. The minimum atomic E-state index is -0.291. The number of furan rings is 1. The molecule has 0 fully saturated rings. The summed E-state index contributed by atoms with van der Waals surface area (Å²) in [7, 11) is 0. The number of anilines is 1. The van der Waals surface area contributed by atoms with Crippen molar-refractivity contribution in [2.75, 3.05) is 5.32 Å². The standard InChI is InChI=1S/C26H17Cl2N3O3/c1-15-14-16(26-31-25-22(34-26)6-3-13-29-25)7-10-20(15)30-23(32)12-9-17-8-11-21(33-17)18-4-2-5-19(27)24(18)28/h2-14H,1H3,(H,30,32). The van der Waals surface area contributed by atoms with E-state index in [0.717, 1.165) is 11.1 Å². The van der Waals surface area contributed by atoms with Crippen molar-refractivity contribution in [3.8, 4) is 22.8 Å². The third kappa shape index (κ3) is 4.46. The van der Waals surface area contributed by atoms with Gasteiger partial charge in [-0.1, -0.05) is 29.3 Å². The summed E-state index contributed by atoms with van der Waals surface area (Å²) in [6, 6.07) is 18.0. The maximum Gasteiger partial charge on any atom is 0.248 e. The van der Waals surface area contributed by atoms with Gasteiger partial charge in [0.1, 0.15) is 11.5 Å². The van der Waals surface area contributed by atoms with E-state index in [2.05, 4.69) is 15.3 Å². The number of aryl methyl sites for hydroxylation is 1. The van der Waals surface area contributed by atoms with Gasteiger partial charge >= 0.3 is 0 Å². The molecule has 5 rings (SSSR count). The van der Waals surface area contributed by atoms with Crippen molar-refractivity contribution in [3.05, 3.63) is 94.3 Å². The quantitative estimate of drug-likeness (QED) is 0.259. The van der Waals surface area contributed by atoms with E-state index in [1.54, 1.807) is 42.6 Å². The first-order chi connectivity index (χ1) is 16.5. The molecule has 0 aliphatic heterocycles. The third-order valence-corrected chi connectivity index (χ3v) is 5.96. The van der Waals surface area contributed by atoms with Crippen molar-refractivity contribution in [2.24, 2.45) is 0 Å². The lowest BCUT2D eigenvalue weighted by Crippen LogP contribution is -2.08. The van der Waals surface area contributed by atoms with Crippen molar-refractivity contribution >= 4 is 52.1 Å². The number of pyridine rings is 1. The Bertz CT molecular complexity index is 1520. The molecule has 34 heavy (non-hydrogen) atoms. The summed E-state index contributed by atoms with van der Waals surface area (Å²) in [5.41, 5.74) is 4.20. The van der Waals surface area contributed by atoms with Gasteiger partial charge in [-0.05, 0) is 73.2 Å². The van der Waals surface area contributed by atoms with Crippen LogP contribution in [0.3, 0.4) is 0 Å². The largest absolute Gasteiger partial charge is 0.457 e. The maximum atomic E-state index is 12.5. The van der Waals surface area contributed by atoms with E-state index < -0.39 is 0 Å². The predicted octanol–water partition coefficient (Wildman–Crippen LogP) is 7.42. The molecule has 168 valence electrons. The number of oxazole rings is 1. The summed E-state index contributed by atoms with van der Waals surface area (Å²) in [6.45, 7) is 1.90. The van der Waals surface area contributed by atoms with Gasteiger partial charge < -0.3 is 14.2 Å². The lowest BCUT2D eigenvalue weighted by atomic mass is 10.1. The third-order valence-electron chi connectivity index (χ3n) is 5.14. The number of benzene rings is 2. The van der Waals surface area contributed by atoms with Gasteiger partial charge in [-0.2, -0.15) is 4.98 Å². The summed E-state index contributed by atoms with van der Waals surface area (Å²) >= 11 is 12.3. The summed E-state index contributed by atoms with van der Waals surface area (Å²) in [6.07, 6.45) is 4.66. The highest BCUT2D eigenvalue weighted by Gasteiger charge is 2.12. The molecule has 6 nitrogen and oxygen atoms in total. The Morgan fingerprint density at radius 2 is 1.91 bits per heavy atom. The number of amides is 1. The molecule has 3 heterocycles. The van der Waals surface area contributed by atoms with Gasteiger partial charge in [-0.15, -0.1) is 0 Å². The molecule has 0 unspecified atom stereocenters. The number of nitrogens with zero attached hydrogens (tertiary/aromatic N) is 2. The van der Waals surface area contributed by atoms with Crippen LogP contribution in [0.25, 0.3) is 40.1 Å². The van der Waals surface area contributed by atoms with E-state index in [4.69, 9.17) is 32.0 Å². The number of fused-ring (bicyclic) bond motifs is 1. The van der Waals surface area contributed by atoms with Crippen molar-refractivity contribution in [1.82, 2.24) is 9.97 Å². The van der Waals surface area contributed by atoms with Crippen molar-refractivity contribution < 1.29 is 13.6 Å². The van der Waals surface area contributed by atoms with Crippen LogP contribution in [-0.2, 0) is 4.79 Å². The molecule has 1 amide bonds. The molecule has 0 bridgehead atoms. The Morgan fingerprint density at radius 1 is 1.03 bits per heavy atom. The monoisotopic (exact) mass is 489 g/mol. The van der Waals surface area contributed by atoms with Crippen LogP contribution in [0.2, 0.25) is 10.0 Å². The SMILES string of the molecule is Cc1cc(-c2nc3ncccc3o2)ccc1NC(=O)C=Cc1ccc(-c2cccc(Cl)c2Cl)o1. The average Bonchev–Trinajstić information content (AvgIpc) is 3.48. The fourth-order valence-electron chi connectivity index (χ4n) is 3.44. The maximum absolute atomic E-state index is 12.5. The van der Waals surface area contributed by atoms with Crippen LogP contribution >= 0.6 is 23.2 Å². The average molecular weight is 490 g/mol. The van der Waals surface area contributed by atoms with Gasteiger partial charge in [-0.25, -0.2) is 4.98 Å². The van der Waals surface area contributed by atoms with Crippen molar-refractivity contribution in [3.63, 3.8) is 0 Å². The Hall–Kier alpha value is -3.87. The van der Waals surface area contributed by atoms with E-state index in [-0.39, 0.29) is 5.91 Å². The zero-order chi connectivity index (χ0) is 23.7. The fraction of sp³-hybridized carbons (Fsp3) is 0.0385. The van der Waals surface area contributed by atoms with Crippen molar-refractivity contribution in [1.29, 1.82) is 0 Å². The van der Waals surface area contributed by atoms with Gasteiger partial charge in [0.15, 0.2) is 11.2 Å². The van der Waals surface area contributed by atoms with E-state index in [1.807, 2.05) is 37.3 Å². The summed E-state index contributed by atoms with van der Waals surface area (Å²) in [5.74, 6) is 1.26. The molecule has 0 saturated carbocycles. The summed E-state index contributed by atoms with van der Waals surface area (Å²) in [4.78, 5) is 21.1. The van der Waals surface area contributed by atoms with E-state index in [1.165, 1.54) is 6.08 Å². The molecule has 8 heteroatoms. The summed E-state index contributed by atoms with van der Waals surface area (Å²) < 4.78 is 11.6. The summed E-state index contributed by atoms with van der Waals surface area (Å²) in [5, 5.41) is 3.73. The second-order valence-corrected chi connectivity index (χ2v) is 8.29. The van der Waals surface area contributed by atoms with Gasteiger partial charge in [-0.3, -0.25) is 4.79 Å². The number of hydrogen-bond donors (Lipinski definition) is 1. The molecule has 5 aromatic rings. The molecule has 0 saturated heterocycles. The lowest BCUT2D eigenvalue weighted by Gasteiger charge is -2.07. The second kappa shape index (κ2) is 9.17. The Labute approximate surface area is 204 Å². The molecular weight excluding hydrogens is 473 g/mol. The lowest BCUT2D eigenvalue weighted by molar-refractivity contribution is -0.111. The number of rotatable bonds is 5. The van der Waals surface area contributed by atoms with Crippen LogP contribution in [-0.4, -0.2) is 15.9 Å². The van der Waals surface area contributed by atoms with Gasteiger partial charge in [0.25, 0.3) is 0 Å². The van der Waals surface area contributed by atoms with Gasteiger partial charge in [0.05, 0.1) is 10.0 Å². The van der Waals surface area contributed by atoms with Crippen molar-refractivity contribution in [2.45, 2.75) is 6.92 Å². The van der Waals surface area contributed by atoms with E-state index >= 15 is 0 Å². The molecule has 0 atom stereocenters. The number of carbonyl (C=O) groups excluding carboxylic acids is 1. The Morgan fingerprint density at radius 3 is 2.74 bits per heavy atom.